The molecule has 1 N–H and O–H groups in total. The van der Waals surface area contributed by atoms with Crippen molar-refractivity contribution in [3.8, 4) is 17.1 Å². The van der Waals surface area contributed by atoms with Crippen LogP contribution in [0.25, 0.3) is 22.4 Å². The maximum absolute atomic E-state index is 5.44. The SMILES string of the molecule is COc1ccc(C)cc1-c1nc2c(C)cc(C)cc2[nH]1. The summed E-state index contributed by atoms with van der Waals surface area (Å²) >= 11 is 0. The fraction of sp³-hybridized carbons (Fsp3) is 0.235. The van der Waals surface area contributed by atoms with Crippen LogP contribution in [-0.4, -0.2) is 17.1 Å². The summed E-state index contributed by atoms with van der Waals surface area (Å²) in [6.07, 6.45) is 0. The molecule has 1 heterocycles. The number of hydrogen-bond donors (Lipinski definition) is 1. The molecule has 0 amide bonds. The first-order valence-electron chi connectivity index (χ1n) is 6.70. The van der Waals surface area contributed by atoms with Crippen molar-refractivity contribution in [1.29, 1.82) is 0 Å². The lowest BCUT2D eigenvalue weighted by Crippen LogP contribution is -1.90. The van der Waals surface area contributed by atoms with E-state index in [0.717, 1.165) is 28.2 Å². The number of imidazole rings is 1. The highest BCUT2D eigenvalue weighted by Crippen LogP contribution is 2.31. The number of aromatic nitrogens is 2. The summed E-state index contributed by atoms with van der Waals surface area (Å²) in [6.45, 7) is 6.26. The molecule has 0 bridgehead atoms. The first kappa shape index (κ1) is 12.7. The van der Waals surface area contributed by atoms with Gasteiger partial charge in [0.1, 0.15) is 11.6 Å². The van der Waals surface area contributed by atoms with Crippen LogP contribution < -0.4 is 4.74 Å². The number of nitrogens with one attached hydrogen (secondary N) is 1. The van der Waals surface area contributed by atoms with E-state index in [4.69, 9.17) is 9.72 Å². The van der Waals surface area contributed by atoms with Crippen LogP contribution >= 0.6 is 0 Å². The summed E-state index contributed by atoms with van der Waals surface area (Å²) in [6, 6.07) is 10.4. The van der Waals surface area contributed by atoms with Gasteiger partial charge in [-0.3, -0.25) is 0 Å². The van der Waals surface area contributed by atoms with Gasteiger partial charge in [0.05, 0.1) is 23.7 Å². The zero-order valence-corrected chi connectivity index (χ0v) is 12.2. The van der Waals surface area contributed by atoms with Gasteiger partial charge in [0, 0.05) is 0 Å². The minimum Gasteiger partial charge on any atom is -0.496 e. The lowest BCUT2D eigenvalue weighted by atomic mass is 10.1. The Labute approximate surface area is 118 Å². The van der Waals surface area contributed by atoms with Crippen LogP contribution in [0, 0.1) is 20.8 Å². The highest BCUT2D eigenvalue weighted by Gasteiger charge is 2.12. The minimum absolute atomic E-state index is 0.837. The zero-order valence-electron chi connectivity index (χ0n) is 12.2. The van der Waals surface area contributed by atoms with Crippen LogP contribution in [0.5, 0.6) is 5.75 Å². The molecule has 3 heteroatoms. The van der Waals surface area contributed by atoms with E-state index in [-0.39, 0.29) is 0 Å². The number of nitrogens with zero attached hydrogens (tertiary/aromatic N) is 1. The van der Waals surface area contributed by atoms with Crippen LogP contribution in [0.2, 0.25) is 0 Å². The Hall–Kier alpha value is -2.29. The van der Waals surface area contributed by atoms with E-state index in [1.165, 1.54) is 16.7 Å². The van der Waals surface area contributed by atoms with Crippen molar-refractivity contribution >= 4 is 11.0 Å². The molecule has 0 aliphatic carbocycles. The molecule has 102 valence electrons. The standard InChI is InChI=1S/C17H18N2O/c1-10-5-6-15(20-4)13(8-10)17-18-14-9-11(2)7-12(3)16(14)19-17/h5-9H,1-4H3,(H,18,19). The van der Waals surface area contributed by atoms with Crippen molar-refractivity contribution in [1.82, 2.24) is 9.97 Å². The Balaban J connectivity index is 2.25. The number of aromatic amines is 1. The molecular formula is C17H18N2O. The van der Waals surface area contributed by atoms with E-state index < -0.39 is 0 Å². The van der Waals surface area contributed by atoms with Gasteiger partial charge in [-0.25, -0.2) is 4.98 Å². The van der Waals surface area contributed by atoms with E-state index in [1.807, 2.05) is 12.1 Å². The number of aryl methyl sites for hydroxylation is 3. The van der Waals surface area contributed by atoms with E-state index >= 15 is 0 Å². The zero-order chi connectivity index (χ0) is 14.3. The second kappa shape index (κ2) is 4.67. The number of rotatable bonds is 2. The summed E-state index contributed by atoms with van der Waals surface area (Å²) < 4.78 is 5.44. The first-order chi connectivity index (χ1) is 9.58. The summed E-state index contributed by atoms with van der Waals surface area (Å²) in [7, 11) is 1.69. The van der Waals surface area contributed by atoms with Crippen molar-refractivity contribution in [2.75, 3.05) is 7.11 Å². The Bertz CT molecular complexity index is 787. The van der Waals surface area contributed by atoms with E-state index in [0.29, 0.717) is 0 Å². The maximum atomic E-state index is 5.44. The molecule has 3 rings (SSSR count). The molecule has 1 aromatic heterocycles. The third kappa shape index (κ3) is 2.05. The Morgan fingerprint density at radius 1 is 1.00 bits per heavy atom. The molecule has 0 aliphatic rings. The minimum atomic E-state index is 0.837. The van der Waals surface area contributed by atoms with E-state index in [9.17, 15) is 0 Å². The Kier molecular flexibility index (Phi) is 2.97. The summed E-state index contributed by atoms with van der Waals surface area (Å²) in [5.41, 5.74) is 6.71. The number of methoxy groups -OCH3 is 1. The summed E-state index contributed by atoms with van der Waals surface area (Å²) in [5.74, 6) is 1.69. The lowest BCUT2D eigenvalue weighted by molar-refractivity contribution is 0.416. The topological polar surface area (TPSA) is 37.9 Å². The number of ether oxygens (including phenoxy) is 1. The molecule has 0 radical (unpaired) electrons. The van der Waals surface area contributed by atoms with Crippen molar-refractivity contribution < 1.29 is 4.74 Å². The Morgan fingerprint density at radius 2 is 1.80 bits per heavy atom. The molecule has 0 saturated heterocycles. The fourth-order valence-corrected chi connectivity index (χ4v) is 2.61. The molecule has 20 heavy (non-hydrogen) atoms. The number of H-pyrrole nitrogens is 1. The summed E-state index contributed by atoms with van der Waals surface area (Å²) in [5, 5.41) is 0. The lowest BCUT2D eigenvalue weighted by Gasteiger charge is -2.06. The van der Waals surface area contributed by atoms with Gasteiger partial charge in [0.25, 0.3) is 0 Å². The van der Waals surface area contributed by atoms with Crippen molar-refractivity contribution in [3.63, 3.8) is 0 Å². The van der Waals surface area contributed by atoms with Gasteiger partial charge in [-0.2, -0.15) is 0 Å². The number of hydrogen-bond acceptors (Lipinski definition) is 2. The highest BCUT2D eigenvalue weighted by molar-refractivity contribution is 5.84. The molecule has 3 nitrogen and oxygen atoms in total. The monoisotopic (exact) mass is 266 g/mol. The van der Waals surface area contributed by atoms with Crippen LogP contribution in [0.15, 0.2) is 30.3 Å². The van der Waals surface area contributed by atoms with Gasteiger partial charge < -0.3 is 9.72 Å². The van der Waals surface area contributed by atoms with E-state index in [1.54, 1.807) is 7.11 Å². The first-order valence-corrected chi connectivity index (χ1v) is 6.70. The predicted octanol–water partition coefficient (Wildman–Crippen LogP) is 4.16. The van der Waals surface area contributed by atoms with Gasteiger partial charge in [0.15, 0.2) is 0 Å². The average molecular weight is 266 g/mol. The van der Waals surface area contributed by atoms with Crippen LogP contribution in [-0.2, 0) is 0 Å². The highest BCUT2D eigenvalue weighted by atomic mass is 16.5. The van der Waals surface area contributed by atoms with E-state index in [2.05, 4.69) is 44.0 Å². The molecule has 0 atom stereocenters. The summed E-state index contributed by atoms with van der Waals surface area (Å²) in [4.78, 5) is 8.14. The molecular weight excluding hydrogens is 248 g/mol. The molecule has 0 aliphatic heterocycles. The van der Waals surface area contributed by atoms with Crippen molar-refractivity contribution in [3.05, 3.63) is 47.0 Å². The smallest absolute Gasteiger partial charge is 0.142 e. The molecule has 3 aromatic rings. The van der Waals surface area contributed by atoms with Crippen LogP contribution in [0.3, 0.4) is 0 Å². The largest absolute Gasteiger partial charge is 0.496 e. The quantitative estimate of drug-likeness (QED) is 0.756. The third-order valence-corrected chi connectivity index (χ3v) is 3.53. The molecule has 0 fully saturated rings. The molecule has 0 spiro atoms. The van der Waals surface area contributed by atoms with Gasteiger partial charge >= 0.3 is 0 Å². The van der Waals surface area contributed by atoms with Gasteiger partial charge in [-0.05, 0) is 50.1 Å². The molecule has 0 saturated carbocycles. The van der Waals surface area contributed by atoms with Gasteiger partial charge in [0.2, 0.25) is 0 Å². The Morgan fingerprint density at radius 3 is 2.55 bits per heavy atom. The average Bonchev–Trinajstić information content (AvgIpc) is 2.82. The van der Waals surface area contributed by atoms with Crippen LogP contribution in [0.1, 0.15) is 16.7 Å². The van der Waals surface area contributed by atoms with Gasteiger partial charge in [-0.1, -0.05) is 17.7 Å². The normalized spacial score (nSPS) is 11.0. The second-order valence-electron chi connectivity index (χ2n) is 5.27. The van der Waals surface area contributed by atoms with Crippen LogP contribution in [0.4, 0.5) is 0 Å². The maximum Gasteiger partial charge on any atom is 0.142 e. The van der Waals surface area contributed by atoms with Crippen molar-refractivity contribution in [2.45, 2.75) is 20.8 Å². The number of fused-ring (bicyclic) bond motifs is 1. The molecule has 2 aromatic carbocycles. The fourth-order valence-electron chi connectivity index (χ4n) is 2.61. The number of benzene rings is 2. The predicted molar refractivity (Wildman–Crippen MR) is 82.3 cm³/mol. The second-order valence-corrected chi connectivity index (χ2v) is 5.27. The van der Waals surface area contributed by atoms with Crippen molar-refractivity contribution in [2.24, 2.45) is 0 Å². The van der Waals surface area contributed by atoms with Gasteiger partial charge in [-0.15, -0.1) is 0 Å². The molecule has 0 unspecified atom stereocenters. The third-order valence-electron chi connectivity index (χ3n) is 3.53.